The normalized spacial score (nSPS) is 23.2. The van der Waals surface area contributed by atoms with Crippen molar-refractivity contribution in [3.05, 3.63) is 43.8 Å². The monoisotopic (exact) mass is 425 g/mol. The van der Waals surface area contributed by atoms with Gasteiger partial charge in [0.1, 0.15) is 9.34 Å². The third-order valence-corrected chi connectivity index (χ3v) is 6.56. The van der Waals surface area contributed by atoms with Crippen LogP contribution in [0, 0.1) is 0 Å². The first-order valence-electron chi connectivity index (χ1n) is 7.86. The molecule has 1 aromatic heterocycles. The molecule has 1 saturated heterocycles. The van der Waals surface area contributed by atoms with Gasteiger partial charge in [-0.3, -0.25) is 4.79 Å². The Morgan fingerprint density at radius 1 is 1.46 bits per heavy atom. The van der Waals surface area contributed by atoms with Gasteiger partial charge in [0.2, 0.25) is 5.91 Å². The lowest BCUT2D eigenvalue weighted by molar-refractivity contribution is -0.118. The van der Waals surface area contributed by atoms with Crippen LogP contribution in [-0.2, 0) is 16.6 Å². The first kappa shape index (κ1) is 16.5. The van der Waals surface area contributed by atoms with E-state index in [1.807, 2.05) is 11.0 Å². The Labute approximate surface area is 158 Å². The molecule has 3 heterocycles. The van der Waals surface area contributed by atoms with E-state index in [9.17, 15) is 4.79 Å². The second-order valence-corrected chi connectivity index (χ2v) is 9.31. The van der Waals surface area contributed by atoms with Crippen LogP contribution < -0.4 is 4.90 Å². The number of amides is 1. The molecule has 2 aliphatic rings. The van der Waals surface area contributed by atoms with E-state index in [1.54, 1.807) is 6.20 Å². The summed E-state index contributed by atoms with van der Waals surface area (Å²) in [5.74, 6) is 0.0935. The summed E-state index contributed by atoms with van der Waals surface area (Å²) in [6, 6.07) is 6.25. The van der Waals surface area contributed by atoms with Crippen LogP contribution in [0.4, 0.5) is 5.69 Å². The molecule has 0 radical (unpaired) electrons. The molecule has 1 spiro atoms. The van der Waals surface area contributed by atoms with E-state index >= 15 is 0 Å². The number of halogens is 2. The van der Waals surface area contributed by atoms with E-state index in [-0.39, 0.29) is 11.3 Å². The van der Waals surface area contributed by atoms with Crippen molar-refractivity contribution in [3.63, 3.8) is 0 Å². The van der Waals surface area contributed by atoms with Gasteiger partial charge in [-0.05, 0) is 43.8 Å². The first-order chi connectivity index (χ1) is 11.5. The third-order valence-electron chi connectivity index (χ3n) is 4.96. The number of rotatable bonds is 2. The maximum atomic E-state index is 12.9. The zero-order valence-electron chi connectivity index (χ0n) is 13.3. The molecule has 0 bridgehead atoms. The van der Waals surface area contributed by atoms with Gasteiger partial charge in [0.05, 0.1) is 12.6 Å². The quantitative estimate of drug-likeness (QED) is 0.734. The number of anilines is 1. The van der Waals surface area contributed by atoms with Crippen molar-refractivity contribution in [2.24, 2.45) is 0 Å². The largest absolute Gasteiger partial charge is 0.311 e. The number of benzene rings is 1. The molecule has 7 heteroatoms. The lowest BCUT2D eigenvalue weighted by atomic mass is 9.82. The Hall–Kier alpha value is -0.950. The fourth-order valence-electron chi connectivity index (χ4n) is 3.89. The number of thiazole rings is 1. The summed E-state index contributed by atoms with van der Waals surface area (Å²) in [4.78, 5) is 21.4. The number of likely N-dealkylation sites (N-methyl/N-ethyl adjacent to an activating group) is 1. The molecular weight excluding hydrogens is 410 g/mol. The van der Waals surface area contributed by atoms with Gasteiger partial charge in [0, 0.05) is 28.7 Å². The summed E-state index contributed by atoms with van der Waals surface area (Å²) in [6.45, 7) is 2.81. The maximum Gasteiger partial charge on any atom is 0.233 e. The number of carbonyl (C=O) groups excluding carboxylic acids is 1. The van der Waals surface area contributed by atoms with Crippen molar-refractivity contribution < 1.29 is 4.79 Å². The van der Waals surface area contributed by atoms with Crippen LogP contribution in [0.15, 0.2) is 28.9 Å². The Balaban J connectivity index is 1.67. The van der Waals surface area contributed by atoms with E-state index < -0.39 is 0 Å². The third kappa shape index (κ3) is 2.79. The predicted molar refractivity (Wildman–Crippen MR) is 101 cm³/mol. The molecule has 0 aliphatic carbocycles. The molecular formula is C17H17BrClN3OS. The highest BCUT2D eigenvalue weighted by molar-refractivity contribution is 9.10. The Morgan fingerprint density at radius 2 is 2.29 bits per heavy atom. The Kier molecular flexibility index (Phi) is 4.19. The van der Waals surface area contributed by atoms with Gasteiger partial charge >= 0.3 is 0 Å². The molecule has 1 unspecified atom stereocenters. The summed E-state index contributed by atoms with van der Waals surface area (Å²) >= 11 is 10.9. The van der Waals surface area contributed by atoms with Gasteiger partial charge in [-0.1, -0.05) is 27.5 Å². The lowest BCUT2D eigenvalue weighted by Crippen LogP contribution is -2.39. The molecule has 4 rings (SSSR count). The Morgan fingerprint density at radius 3 is 2.96 bits per heavy atom. The van der Waals surface area contributed by atoms with Crippen LogP contribution in [0.2, 0.25) is 4.34 Å². The number of carbonyl (C=O) groups is 1. The van der Waals surface area contributed by atoms with Gasteiger partial charge in [0.15, 0.2) is 0 Å². The van der Waals surface area contributed by atoms with E-state index in [0.717, 1.165) is 41.2 Å². The predicted octanol–water partition coefficient (Wildman–Crippen LogP) is 3.72. The van der Waals surface area contributed by atoms with Crippen LogP contribution in [0.25, 0.3) is 0 Å². The van der Waals surface area contributed by atoms with Crippen molar-refractivity contribution >= 4 is 50.5 Å². The average molecular weight is 427 g/mol. The van der Waals surface area contributed by atoms with Crippen molar-refractivity contribution in [2.75, 3.05) is 31.6 Å². The summed E-state index contributed by atoms with van der Waals surface area (Å²) in [5.41, 5.74) is 2.37. The van der Waals surface area contributed by atoms with Gasteiger partial charge in [0.25, 0.3) is 0 Å². The zero-order chi connectivity index (χ0) is 16.9. The minimum absolute atomic E-state index is 0.0457. The van der Waals surface area contributed by atoms with E-state index in [0.29, 0.717) is 10.8 Å². The number of fused-ring (bicyclic) bond motifs is 2. The summed E-state index contributed by atoms with van der Waals surface area (Å²) in [5, 5.41) is 0.771. The molecule has 1 fully saturated rings. The molecule has 4 nitrogen and oxygen atoms in total. The second kappa shape index (κ2) is 6.09. The number of nitrogens with zero attached hydrogens (tertiary/aromatic N) is 3. The van der Waals surface area contributed by atoms with Gasteiger partial charge in [-0.15, -0.1) is 11.3 Å². The maximum absolute atomic E-state index is 12.9. The van der Waals surface area contributed by atoms with Gasteiger partial charge in [-0.25, -0.2) is 4.98 Å². The number of likely N-dealkylation sites (tertiary alicyclic amines) is 1. The highest BCUT2D eigenvalue weighted by Gasteiger charge is 2.47. The molecule has 126 valence electrons. The molecule has 0 saturated carbocycles. The summed E-state index contributed by atoms with van der Waals surface area (Å²) in [7, 11) is 2.15. The second-order valence-electron chi connectivity index (χ2n) is 6.64. The molecule has 24 heavy (non-hydrogen) atoms. The van der Waals surface area contributed by atoms with E-state index in [2.05, 4.69) is 45.0 Å². The SMILES string of the molecule is CN1CCC2(C1)CN(C(=O)Cc1ncc(Cl)s1)c1ccc(Br)cc12. The van der Waals surface area contributed by atoms with Gasteiger partial charge < -0.3 is 9.80 Å². The van der Waals surface area contributed by atoms with Crippen molar-refractivity contribution in [1.82, 2.24) is 9.88 Å². The molecule has 1 aromatic carbocycles. The number of aromatic nitrogens is 1. The molecule has 2 aliphatic heterocycles. The van der Waals surface area contributed by atoms with Crippen LogP contribution in [0.5, 0.6) is 0 Å². The molecule has 0 N–H and O–H groups in total. The van der Waals surface area contributed by atoms with E-state index in [4.69, 9.17) is 11.6 Å². The topological polar surface area (TPSA) is 36.4 Å². The fourth-order valence-corrected chi connectivity index (χ4v) is 5.20. The van der Waals surface area contributed by atoms with Crippen molar-refractivity contribution in [3.8, 4) is 0 Å². The molecule has 1 atom stereocenters. The summed E-state index contributed by atoms with van der Waals surface area (Å²) in [6.07, 6.45) is 3.00. The Bertz CT molecular complexity index is 811. The minimum Gasteiger partial charge on any atom is -0.311 e. The first-order valence-corrected chi connectivity index (χ1v) is 9.85. The smallest absolute Gasteiger partial charge is 0.233 e. The van der Waals surface area contributed by atoms with Gasteiger partial charge in [-0.2, -0.15) is 0 Å². The highest BCUT2D eigenvalue weighted by atomic mass is 79.9. The van der Waals surface area contributed by atoms with Crippen molar-refractivity contribution in [1.29, 1.82) is 0 Å². The number of hydrogen-bond acceptors (Lipinski definition) is 4. The average Bonchev–Trinajstić information content (AvgIpc) is 3.20. The molecule has 1 amide bonds. The highest BCUT2D eigenvalue weighted by Crippen LogP contribution is 2.47. The van der Waals surface area contributed by atoms with E-state index in [1.165, 1.54) is 16.9 Å². The zero-order valence-corrected chi connectivity index (χ0v) is 16.4. The standard InChI is InChI=1S/C17H17BrClN3OS/c1-21-5-4-17(9-21)10-22(13-3-2-11(18)6-12(13)17)16(23)7-15-20-8-14(19)24-15/h2-3,6,8H,4-5,7,9-10H2,1H3. The van der Waals surface area contributed by atoms with Crippen molar-refractivity contribution in [2.45, 2.75) is 18.3 Å². The summed E-state index contributed by atoms with van der Waals surface area (Å²) < 4.78 is 1.69. The van der Waals surface area contributed by atoms with Crippen LogP contribution >= 0.6 is 38.9 Å². The van der Waals surface area contributed by atoms with Crippen LogP contribution in [0.1, 0.15) is 17.0 Å². The lowest BCUT2D eigenvalue weighted by Gasteiger charge is -2.25. The molecule has 2 aromatic rings. The van der Waals surface area contributed by atoms with Crippen LogP contribution in [0.3, 0.4) is 0 Å². The number of hydrogen-bond donors (Lipinski definition) is 0. The van der Waals surface area contributed by atoms with Crippen LogP contribution in [-0.4, -0.2) is 42.5 Å². The minimum atomic E-state index is 0.0457. The fraction of sp³-hybridized carbons (Fsp3) is 0.412.